The fourth-order valence-electron chi connectivity index (χ4n) is 6.00. The minimum atomic E-state index is 0.114. The average Bonchev–Trinajstić information content (AvgIpc) is 2.76. The first-order valence-corrected chi connectivity index (χ1v) is 8.51. The quantitative estimate of drug-likeness (QED) is 0.703. The largest absolute Gasteiger partial charge is 0.508 e. The molecule has 4 aliphatic rings. The van der Waals surface area contributed by atoms with Gasteiger partial charge < -0.3 is 10.8 Å². The lowest BCUT2D eigenvalue weighted by Gasteiger charge is -2.55. The molecule has 2 saturated carbocycles. The third kappa shape index (κ3) is 1.69. The first-order chi connectivity index (χ1) is 9.95. The van der Waals surface area contributed by atoms with E-state index in [1.807, 2.05) is 12.2 Å². The number of hydrogen-bond acceptors (Lipinski definition) is 2. The topological polar surface area (TPSA) is 46.2 Å². The molecule has 2 heteroatoms. The smallest absolute Gasteiger partial charge is 0.115 e. The number of rotatable bonds is 0. The van der Waals surface area contributed by atoms with Crippen LogP contribution in [0.2, 0.25) is 0 Å². The second-order valence-corrected chi connectivity index (χ2v) is 8.19. The summed E-state index contributed by atoms with van der Waals surface area (Å²) in [6, 6.07) is 0.396. The molecular weight excluding hydrogens is 258 g/mol. The van der Waals surface area contributed by atoms with Gasteiger partial charge in [0.1, 0.15) is 5.76 Å². The summed E-state index contributed by atoms with van der Waals surface area (Å²) < 4.78 is 0. The summed E-state index contributed by atoms with van der Waals surface area (Å²) in [5, 5.41) is 9.80. The number of aliphatic hydroxyl groups is 1. The molecule has 0 spiro atoms. The van der Waals surface area contributed by atoms with Crippen molar-refractivity contribution in [3.05, 3.63) is 35.6 Å². The van der Waals surface area contributed by atoms with Gasteiger partial charge in [0.15, 0.2) is 0 Å². The molecule has 4 rings (SSSR count). The van der Waals surface area contributed by atoms with Gasteiger partial charge in [0.25, 0.3) is 0 Å². The highest BCUT2D eigenvalue weighted by Gasteiger charge is 2.56. The predicted molar refractivity (Wildman–Crippen MR) is 85.7 cm³/mol. The van der Waals surface area contributed by atoms with Gasteiger partial charge in [-0.3, -0.25) is 0 Å². The normalized spacial score (nSPS) is 51.6. The molecule has 0 heterocycles. The third-order valence-electron chi connectivity index (χ3n) is 7.42. The van der Waals surface area contributed by atoms with Crippen molar-refractivity contribution >= 4 is 0 Å². The van der Waals surface area contributed by atoms with E-state index in [0.29, 0.717) is 23.1 Å². The summed E-state index contributed by atoms with van der Waals surface area (Å²) in [7, 11) is 0. The van der Waals surface area contributed by atoms with Crippen LogP contribution in [0.3, 0.4) is 0 Å². The SMILES string of the molecule is C[C@]12C=CC(O)=CC1=CC[C@@H]1[C@H]2CC[C@]2(C)C(N)CC[C@@H]12. The van der Waals surface area contributed by atoms with E-state index in [0.717, 1.165) is 11.8 Å². The molecule has 0 aromatic rings. The van der Waals surface area contributed by atoms with E-state index in [4.69, 9.17) is 5.73 Å². The highest BCUT2D eigenvalue weighted by atomic mass is 16.3. The number of nitrogens with two attached hydrogens (primary N) is 1. The van der Waals surface area contributed by atoms with Crippen molar-refractivity contribution in [1.29, 1.82) is 0 Å². The number of aliphatic hydroxyl groups excluding tert-OH is 1. The van der Waals surface area contributed by atoms with Crippen LogP contribution in [0.1, 0.15) is 46.0 Å². The summed E-state index contributed by atoms with van der Waals surface area (Å²) in [6.07, 6.45) is 14.7. The highest BCUT2D eigenvalue weighted by molar-refractivity contribution is 5.43. The van der Waals surface area contributed by atoms with Crippen LogP contribution in [-0.4, -0.2) is 11.1 Å². The van der Waals surface area contributed by atoms with Gasteiger partial charge in [0, 0.05) is 11.5 Å². The van der Waals surface area contributed by atoms with E-state index in [1.165, 1.54) is 37.7 Å². The van der Waals surface area contributed by atoms with Crippen molar-refractivity contribution in [3.8, 4) is 0 Å². The molecule has 3 N–H and O–H groups in total. The molecule has 0 aromatic carbocycles. The Morgan fingerprint density at radius 3 is 2.81 bits per heavy atom. The van der Waals surface area contributed by atoms with Gasteiger partial charge in [0.2, 0.25) is 0 Å². The van der Waals surface area contributed by atoms with Crippen molar-refractivity contribution in [2.75, 3.05) is 0 Å². The van der Waals surface area contributed by atoms with Crippen LogP contribution >= 0.6 is 0 Å². The zero-order valence-corrected chi connectivity index (χ0v) is 13.2. The molecule has 0 aliphatic heterocycles. The van der Waals surface area contributed by atoms with Crippen LogP contribution in [0.15, 0.2) is 35.6 Å². The van der Waals surface area contributed by atoms with Crippen molar-refractivity contribution < 1.29 is 5.11 Å². The Morgan fingerprint density at radius 1 is 1.19 bits per heavy atom. The monoisotopic (exact) mass is 285 g/mol. The van der Waals surface area contributed by atoms with Crippen molar-refractivity contribution in [2.24, 2.45) is 34.3 Å². The minimum Gasteiger partial charge on any atom is -0.508 e. The van der Waals surface area contributed by atoms with Crippen LogP contribution in [0.25, 0.3) is 0 Å². The summed E-state index contributed by atoms with van der Waals surface area (Å²) in [5.74, 6) is 2.67. The molecule has 21 heavy (non-hydrogen) atoms. The second kappa shape index (κ2) is 4.25. The van der Waals surface area contributed by atoms with Gasteiger partial charge in [-0.25, -0.2) is 0 Å². The van der Waals surface area contributed by atoms with Crippen LogP contribution < -0.4 is 5.73 Å². The van der Waals surface area contributed by atoms with Crippen molar-refractivity contribution in [2.45, 2.75) is 52.0 Å². The summed E-state index contributed by atoms with van der Waals surface area (Å²) in [4.78, 5) is 0. The van der Waals surface area contributed by atoms with Gasteiger partial charge >= 0.3 is 0 Å². The Balaban J connectivity index is 1.73. The van der Waals surface area contributed by atoms with Crippen LogP contribution in [0.5, 0.6) is 0 Å². The van der Waals surface area contributed by atoms with E-state index in [1.54, 1.807) is 0 Å². The maximum atomic E-state index is 9.80. The van der Waals surface area contributed by atoms with Crippen molar-refractivity contribution in [3.63, 3.8) is 0 Å². The molecule has 0 saturated heterocycles. The molecule has 0 radical (unpaired) electrons. The Hall–Kier alpha value is -1.02. The molecule has 0 aromatic heterocycles. The van der Waals surface area contributed by atoms with Crippen molar-refractivity contribution in [1.82, 2.24) is 0 Å². The van der Waals surface area contributed by atoms with Crippen LogP contribution in [-0.2, 0) is 0 Å². The lowest BCUT2D eigenvalue weighted by molar-refractivity contribution is -0.00633. The Morgan fingerprint density at radius 2 is 2.00 bits per heavy atom. The van der Waals surface area contributed by atoms with Crippen LogP contribution in [0, 0.1) is 28.6 Å². The predicted octanol–water partition coefficient (Wildman–Crippen LogP) is 4.10. The maximum absolute atomic E-state index is 9.80. The second-order valence-electron chi connectivity index (χ2n) is 8.19. The van der Waals surface area contributed by atoms with Gasteiger partial charge in [-0.1, -0.05) is 26.0 Å². The third-order valence-corrected chi connectivity index (χ3v) is 7.42. The summed E-state index contributed by atoms with van der Waals surface area (Å²) in [6.45, 7) is 4.81. The van der Waals surface area contributed by atoms with E-state index in [-0.39, 0.29) is 5.41 Å². The molecule has 4 aliphatic carbocycles. The Kier molecular flexibility index (Phi) is 2.76. The highest BCUT2D eigenvalue weighted by Crippen LogP contribution is 2.63. The molecule has 1 unspecified atom stereocenters. The summed E-state index contributed by atoms with van der Waals surface area (Å²) in [5.41, 5.74) is 8.26. The standard InChI is InChI=1S/C19H27NO/c1-18-9-7-13(21)11-12(18)3-4-14-15-5-6-17(20)19(15,2)10-8-16(14)18/h3,7,9,11,14-17,21H,4-6,8,10,20H2,1-2H3/t14-,15-,16+,17?,18-,19-/m0/s1. The molecule has 0 amide bonds. The lowest BCUT2D eigenvalue weighted by Crippen LogP contribution is -2.51. The zero-order valence-electron chi connectivity index (χ0n) is 13.2. The molecule has 2 nitrogen and oxygen atoms in total. The fourth-order valence-corrected chi connectivity index (χ4v) is 6.00. The molecule has 0 bridgehead atoms. The summed E-state index contributed by atoms with van der Waals surface area (Å²) >= 11 is 0. The first kappa shape index (κ1) is 13.6. The Labute approximate surface area is 127 Å². The lowest BCUT2D eigenvalue weighted by atomic mass is 9.49. The van der Waals surface area contributed by atoms with E-state index < -0.39 is 0 Å². The molecular formula is C19H27NO. The van der Waals surface area contributed by atoms with Gasteiger partial charge in [-0.2, -0.15) is 0 Å². The molecule has 6 atom stereocenters. The number of hydrogen-bond donors (Lipinski definition) is 2. The maximum Gasteiger partial charge on any atom is 0.115 e. The first-order valence-electron chi connectivity index (χ1n) is 8.51. The average molecular weight is 285 g/mol. The number of allylic oxidation sites excluding steroid dienone is 5. The zero-order chi connectivity index (χ0) is 14.8. The number of fused-ring (bicyclic) bond motifs is 5. The van der Waals surface area contributed by atoms with E-state index >= 15 is 0 Å². The molecule has 114 valence electrons. The van der Waals surface area contributed by atoms with Gasteiger partial charge in [-0.15, -0.1) is 0 Å². The van der Waals surface area contributed by atoms with E-state index in [9.17, 15) is 5.11 Å². The fraction of sp³-hybridized carbons (Fsp3) is 0.684. The molecule has 2 fully saturated rings. The van der Waals surface area contributed by atoms with Crippen LogP contribution in [0.4, 0.5) is 0 Å². The van der Waals surface area contributed by atoms with Gasteiger partial charge in [0.05, 0.1) is 0 Å². The Bertz CT molecular complexity index is 560. The van der Waals surface area contributed by atoms with E-state index in [2.05, 4.69) is 26.0 Å². The minimum absolute atomic E-state index is 0.114. The van der Waals surface area contributed by atoms with Gasteiger partial charge in [-0.05, 0) is 73.0 Å².